The number of rotatable bonds is 6. The molecule has 1 rings (SSSR count). The molecule has 1 heterocycles. The van der Waals surface area contributed by atoms with Crippen molar-refractivity contribution in [2.24, 2.45) is 5.92 Å². The Labute approximate surface area is 130 Å². The number of carboxylic acid groups (broad SMARTS) is 1. The summed E-state index contributed by atoms with van der Waals surface area (Å²) in [4.78, 5) is 26.4. The Morgan fingerprint density at radius 3 is 2.60 bits per heavy atom. The van der Waals surface area contributed by atoms with Gasteiger partial charge in [0, 0.05) is 25.1 Å². The third kappa shape index (κ3) is 7.17. The molecule has 1 atom stereocenters. The maximum Gasteiger partial charge on any atom is 0.408 e. The fraction of sp³-hybridized carbons (Fsp3) is 0.462. The van der Waals surface area contributed by atoms with E-state index in [9.17, 15) is 9.59 Å². The molecular weight excluding hydrogens is 255 g/mol. The first-order chi connectivity index (χ1) is 8.99. The van der Waals surface area contributed by atoms with Crippen LogP contribution in [0.15, 0.2) is 24.4 Å². The zero-order valence-electron chi connectivity index (χ0n) is 12.0. The number of amides is 1. The van der Waals surface area contributed by atoms with Gasteiger partial charge in [0.1, 0.15) is 12.6 Å². The Kier molecular flexibility index (Phi) is 8.69. The third-order valence-corrected chi connectivity index (χ3v) is 2.37. The van der Waals surface area contributed by atoms with E-state index in [1.807, 2.05) is 13.8 Å². The van der Waals surface area contributed by atoms with Crippen LogP contribution in [-0.2, 0) is 16.1 Å². The second-order valence-electron chi connectivity index (χ2n) is 4.56. The molecule has 0 spiro atoms. The largest absolute Gasteiger partial charge is 0.480 e. The number of pyridine rings is 1. The quantitative estimate of drug-likeness (QED) is 0.765. The number of nitrogens with one attached hydrogen (secondary N) is 1. The second-order valence-corrected chi connectivity index (χ2v) is 4.56. The minimum absolute atomic E-state index is 0. The first kappa shape index (κ1) is 18.5. The van der Waals surface area contributed by atoms with Gasteiger partial charge in [0.25, 0.3) is 0 Å². The number of aromatic nitrogens is 1. The van der Waals surface area contributed by atoms with E-state index < -0.39 is 18.1 Å². The number of aliphatic carboxylic acids is 1. The van der Waals surface area contributed by atoms with Crippen molar-refractivity contribution in [3.8, 4) is 0 Å². The standard InChI is InChI=1S/C13H18N2O4.Li/c1-9(2)7-11(12(16)17)15-13(18)19-8-10-5-3-4-6-14-10;/h3-6,9,11H,7-8H2,1-2H3,(H,15,18)(H,16,17);/t11-;/m0./s1. The van der Waals surface area contributed by atoms with Gasteiger partial charge >= 0.3 is 12.1 Å². The van der Waals surface area contributed by atoms with Crippen LogP contribution in [0.25, 0.3) is 0 Å². The van der Waals surface area contributed by atoms with E-state index in [0.29, 0.717) is 12.1 Å². The van der Waals surface area contributed by atoms with Crippen LogP contribution in [0.2, 0.25) is 0 Å². The minimum Gasteiger partial charge on any atom is -0.480 e. The maximum absolute atomic E-state index is 11.5. The number of carboxylic acids is 1. The number of nitrogens with zero attached hydrogens (tertiary/aromatic N) is 1. The number of carbonyl (C=O) groups is 2. The summed E-state index contributed by atoms with van der Waals surface area (Å²) in [5.74, 6) is -0.902. The SMILES string of the molecule is CC(C)C[C@H](NC(=O)OCc1ccccn1)C(=O)O.[Li]. The molecule has 1 radical (unpaired) electrons. The van der Waals surface area contributed by atoms with Crippen LogP contribution in [0.5, 0.6) is 0 Å². The van der Waals surface area contributed by atoms with Gasteiger partial charge in [-0.3, -0.25) is 4.98 Å². The van der Waals surface area contributed by atoms with Gasteiger partial charge in [0.15, 0.2) is 0 Å². The van der Waals surface area contributed by atoms with E-state index in [2.05, 4.69) is 10.3 Å². The van der Waals surface area contributed by atoms with Crippen molar-refractivity contribution in [2.45, 2.75) is 32.9 Å². The predicted octanol–water partition coefficient (Wildman–Crippen LogP) is 1.43. The summed E-state index contributed by atoms with van der Waals surface area (Å²) in [5.41, 5.74) is 0.605. The predicted molar refractivity (Wildman–Crippen MR) is 74.2 cm³/mol. The van der Waals surface area contributed by atoms with Gasteiger partial charge in [0.05, 0.1) is 5.69 Å². The Hall–Kier alpha value is -1.51. The van der Waals surface area contributed by atoms with Gasteiger partial charge in [-0.05, 0) is 24.5 Å². The third-order valence-electron chi connectivity index (χ3n) is 2.37. The first-order valence-electron chi connectivity index (χ1n) is 6.05. The molecule has 0 aliphatic carbocycles. The zero-order chi connectivity index (χ0) is 14.3. The number of hydrogen-bond donors (Lipinski definition) is 2. The summed E-state index contributed by atoms with van der Waals surface area (Å²) in [7, 11) is 0. The Morgan fingerprint density at radius 1 is 1.40 bits per heavy atom. The molecule has 105 valence electrons. The van der Waals surface area contributed by atoms with Crippen molar-refractivity contribution in [1.82, 2.24) is 10.3 Å². The van der Waals surface area contributed by atoms with Crippen molar-refractivity contribution >= 4 is 30.9 Å². The molecule has 0 saturated carbocycles. The van der Waals surface area contributed by atoms with Crippen molar-refractivity contribution in [3.63, 3.8) is 0 Å². The molecule has 1 amide bonds. The van der Waals surface area contributed by atoms with Crippen LogP contribution in [0, 0.1) is 5.92 Å². The second kappa shape index (κ2) is 9.40. The van der Waals surface area contributed by atoms with E-state index in [0.717, 1.165) is 0 Å². The van der Waals surface area contributed by atoms with Gasteiger partial charge in [0.2, 0.25) is 0 Å². The summed E-state index contributed by atoms with van der Waals surface area (Å²) >= 11 is 0. The van der Waals surface area contributed by atoms with Gasteiger partial charge in [-0.15, -0.1) is 0 Å². The van der Waals surface area contributed by atoms with Crippen LogP contribution in [0.1, 0.15) is 26.0 Å². The number of carbonyl (C=O) groups excluding carboxylic acids is 1. The van der Waals surface area contributed by atoms with E-state index >= 15 is 0 Å². The van der Waals surface area contributed by atoms with Crippen LogP contribution in [0.3, 0.4) is 0 Å². The van der Waals surface area contributed by atoms with Gasteiger partial charge in [-0.2, -0.15) is 0 Å². The average Bonchev–Trinajstić information content (AvgIpc) is 2.36. The molecule has 0 fully saturated rings. The van der Waals surface area contributed by atoms with Crippen molar-refractivity contribution in [2.75, 3.05) is 0 Å². The van der Waals surface area contributed by atoms with Gasteiger partial charge in [-0.25, -0.2) is 9.59 Å². The molecule has 0 unspecified atom stereocenters. The molecular formula is C13H18LiN2O4. The summed E-state index contributed by atoms with van der Waals surface area (Å²) < 4.78 is 4.91. The van der Waals surface area contributed by atoms with Crippen LogP contribution in [-0.4, -0.2) is 47.1 Å². The van der Waals surface area contributed by atoms with E-state index in [4.69, 9.17) is 9.84 Å². The molecule has 20 heavy (non-hydrogen) atoms. The average molecular weight is 273 g/mol. The summed E-state index contributed by atoms with van der Waals surface area (Å²) in [6.45, 7) is 3.79. The topological polar surface area (TPSA) is 88.5 Å². The Bertz CT molecular complexity index is 426. The zero-order valence-corrected chi connectivity index (χ0v) is 12.0. The number of ether oxygens (including phenoxy) is 1. The summed E-state index contributed by atoms with van der Waals surface area (Å²) in [5, 5.41) is 11.3. The smallest absolute Gasteiger partial charge is 0.408 e. The number of alkyl carbamates (subject to hydrolysis) is 1. The van der Waals surface area contributed by atoms with Crippen molar-refractivity contribution in [1.29, 1.82) is 0 Å². The Morgan fingerprint density at radius 2 is 2.10 bits per heavy atom. The fourth-order valence-electron chi connectivity index (χ4n) is 1.50. The monoisotopic (exact) mass is 273 g/mol. The molecule has 1 aromatic heterocycles. The molecule has 7 heteroatoms. The molecule has 2 N–H and O–H groups in total. The van der Waals surface area contributed by atoms with Crippen molar-refractivity contribution < 1.29 is 19.4 Å². The van der Waals surface area contributed by atoms with Crippen LogP contribution < -0.4 is 5.32 Å². The van der Waals surface area contributed by atoms with E-state index in [1.54, 1.807) is 24.4 Å². The summed E-state index contributed by atoms with van der Waals surface area (Å²) in [6, 6.07) is 4.32. The molecule has 1 aromatic rings. The van der Waals surface area contributed by atoms with E-state index in [1.165, 1.54) is 0 Å². The summed E-state index contributed by atoms with van der Waals surface area (Å²) in [6.07, 6.45) is 1.20. The molecule has 0 bridgehead atoms. The van der Waals surface area contributed by atoms with Crippen LogP contribution in [0.4, 0.5) is 4.79 Å². The van der Waals surface area contributed by atoms with Gasteiger partial charge < -0.3 is 15.2 Å². The molecule has 6 nitrogen and oxygen atoms in total. The van der Waals surface area contributed by atoms with Crippen LogP contribution >= 0.6 is 0 Å². The normalized spacial score (nSPS) is 11.3. The maximum atomic E-state index is 11.5. The van der Waals surface area contributed by atoms with E-state index in [-0.39, 0.29) is 31.4 Å². The molecule has 0 aliphatic rings. The molecule has 0 saturated heterocycles. The van der Waals surface area contributed by atoms with Gasteiger partial charge in [-0.1, -0.05) is 19.9 Å². The minimum atomic E-state index is -1.07. The fourth-order valence-corrected chi connectivity index (χ4v) is 1.50. The molecule has 0 aromatic carbocycles. The molecule has 0 aliphatic heterocycles. The first-order valence-corrected chi connectivity index (χ1v) is 6.05. The van der Waals surface area contributed by atoms with Crippen molar-refractivity contribution in [3.05, 3.63) is 30.1 Å². The Balaban J connectivity index is 0.00000361. The number of hydrogen-bond acceptors (Lipinski definition) is 4.